The average molecular weight is 534 g/mol. The molecule has 38 heavy (non-hydrogen) atoms. The van der Waals surface area contributed by atoms with Gasteiger partial charge in [0.1, 0.15) is 6.29 Å². The van der Waals surface area contributed by atoms with Crippen molar-refractivity contribution in [3.8, 4) is 10.4 Å². The highest BCUT2D eigenvalue weighted by Gasteiger charge is 2.40. The number of carbonyl (C=O) groups excluding carboxylic acids is 2. The van der Waals surface area contributed by atoms with E-state index in [1.807, 2.05) is 49.7 Å². The summed E-state index contributed by atoms with van der Waals surface area (Å²) in [5, 5.41) is 3.22. The van der Waals surface area contributed by atoms with E-state index in [2.05, 4.69) is 60.2 Å². The van der Waals surface area contributed by atoms with Crippen molar-refractivity contribution in [1.82, 2.24) is 15.2 Å². The van der Waals surface area contributed by atoms with Crippen molar-refractivity contribution < 1.29 is 14.3 Å². The summed E-state index contributed by atoms with van der Waals surface area (Å²) in [6.07, 6.45) is 1.56. The van der Waals surface area contributed by atoms with Gasteiger partial charge in [-0.25, -0.2) is 4.98 Å². The highest BCUT2D eigenvalue weighted by molar-refractivity contribution is 7.13. The molecule has 0 saturated carbocycles. The van der Waals surface area contributed by atoms with Gasteiger partial charge >= 0.3 is 0 Å². The number of aldehydes is 1. The fourth-order valence-electron chi connectivity index (χ4n) is 4.91. The first-order chi connectivity index (χ1) is 18.2. The molecule has 0 aliphatic carbocycles. The van der Waals surface area contributed by atoms with Gasteiger partial charge in [0.25, 0.3) is 0 Å². The lowest BCUT2D eigenvalue weighted by molar-refractivity contribution is -0.127. The molecule has 1 unspecified atom stereocenters. The second-order valence-electron chi connectivity index (χ2n) is 11.4. The molecule has 202 valence electrons. The summed E-state index contributed by atoms with van der Waals surface area (Å²) < 4.78 is 6.23. The van der Waals surface area contributed by atoms with E-state index < -0.39 is 0 Å². The van der Waals surface area contributed by atoms with Crippen molar-refractivity contribution in [3.63, 3.8) is 0 Å². The summed E-state index contributed by atoms with van der Waals surface area (Å²) in [7, 11) is 0. The SMILES string of the molecule is Cc1ncsc1-c1ccc([C@H](C)NC(=O)[C@@H]2C[C@@H](OCc3ccccc3)CN2CC(C=O)C(C)(C)C)cc1. The second-order valence-corrected chi connectivity index (χ2v) is 12.2. The van der Waals surface area contributed by atoms with E-state index >= 15 is 0 Å². The normalized spacial score (nSPS) is 19.7. The van der Waals surface area contributed by atoms with Gasteiger partial charge in [0, 0.05) is 19.0 Å². The molecule has 1 aromatic heterocycles. The number of benzene rings is 2. The molecule has 0 spiro atoms. The highest BCUT2D eigenvalue weighted by atomic mass is 32.1. The molecule has 4 atom stereocenters. The first-order valence-electron chi connectivity index (χ1n) is 13.3. The number of amides is 1. The number of likely N-dealkylation sites (tertiary alicyclic amines) is 1. The Balaban J connectivity index is 1.44. The Bertz CT molecular complexity index is 1200. The van der Waals surface area contributed by atoms with Crippen LogP contribution < -0.4 is 5.32 Å². The molecule has 1 fully saturated rings. The minimum absolute atomic E-state index is 0.0238. The predicted molar refractivity (Wildman–Crippen MR) is 153 cm³/mol. The maximum atomic E-state index is 13.6. The van der Waals surface area contributed by atoms with Gasteiger partial charge < -0.3 is 14.8 Å². The Labute approximate surface area is 230 Å². The lowest BCUT2D eigenvalue weighted by atomic mass is 9.81. The number of rotatable bonds is 10. The van der Waals surface area contributed by atoms with Gasteiger partial charge in [-0.1, -0.05) is 75.4 Å². The maximum absolute atomic E-state index is 13.6. The van der Waals surface area contributed by atoms with Gasteiger partial charge in [0.2, 0.25) is 5.91 Å². The standard InChI is InChI=1S/C31H39N3O3S/c1-21(24-11-13-25(14-12-24)29-22(2)32-20-38-29)33-30(36)28-15-27(37-19-23-9-7-6-8-10-23)17-34(28)16-26(18-35)31(3,4)5/h6-14,18,20-21,26-28H,15-17,19H2,1-5H3,(H,33,36)/t21-,26?,27+,28-/m0/s1. The smallest absolute Gasteiger partial charge is 0.237 e. The van der Waals surface area contributed by atoms with Gasteiger partial charge in [-0.15, -0.1) is 11.3 Å². The lowest BCUT2D eigenvalue weighted by Crippen LogP contribution is -2.47. The molecule has 0 bridgehead atoms. The third-order valence-corrected chi connectivity index (χ3v) is 8.46. The summed E-state index contributed by atoms with van der Waals surface area (Å²) in [6, 6.07) is 17.9. The van der Waals surface area contributed by atoms with Crippen LogP contribution in [0.3, 0.4) is 0 Å². The van der Waals surface area contributed by atoms with E-state index in [0.29, 0.717) is 26.1 Å². The number of hydrogen-bond donors (Lipinski definition) is 1. The Morgan fingerprint density at radius 3 is 2.50 bits per heavy atom. The Kier molecular flexibility index (Phi) is 9.13. The van der Waals surface area contributed by atoms with Crippen LogP contribution in [0.25, 0.3) is 10.4 Å². The van der Waals surface area contributed by atoms with Crippen LogP contribution in [-0.2, 0) is 20.9 Å². The van der Waals surface area contributed by atoms with E-state index in [4.69, 9.17) is 4.74 Å². The van der Waals surface area contributed by atoms with E-state index in [0.717, 1.165) is 28.7 Å². The zero-order chi connectivity index (χ0) is 27.3. The van der Waals surface area contributed by atoms with E-state index in [9.17, 15) is 9.59 Å². The quantitative estimate of drug-likeness (QED) is 0.333. The topological polar surface area (TPSA) is 71.5 Å². The van der Waals surface area contributed by atoms with Gasteiger partial charge in [-0.05, 0) is 42.4 Å². The molecular weight excluding hydrogens is 494 g/mol. The third kappa shape index (κ3) is 6.95. The van der Waals surface area contributed by atoms with Gasteiger partial charge in [-0.2, -0.15) is 0 Å². The summed E-state index contributed by atoms with van der Waals surface area (Å²) in [5.41, 5.74) is 6.00. The molecule has 0 radical (unpaired) electrons. The fraction of sp³-hybridized carbons (Fsp3) is 0.452. The summed E-state index contributed by atoms with van der Waals surface area (Å²) in [5.74, 6) is -0.199. The zero-order valence-corrected chi connectivity index (χ0v) is 23.8. The molecule has 1 aliphatic heterocycles. The van der Waals surface area contributed by atoms with Crippen LogP contribution in [0.5, 0.6) is 0 Å². The first kappa shape index (κ1) is 28.1. The maximum Gasteiger partial charge on any atom is 0.237 e. The summed E-state index contributed by atoms with van der Waals surface area (Å²) in [4.78, 5) is 33.2. The average Bonchev–Trinajstić information content (AvgIpc) is 3.52. The third-order valence-electron chi connectivity index (χ3n) is 7.48. The van der Waals surface area contributed by atoms with Crippen molar-refractivity contribution in [2.24, 2.45) is 11.3 Å². The first-order valence-corrected chi connectivity index (χ1v) is 14.2. The number of hydrogen-bond acceptors (Lipinski definition) is 6. The molecule has 7 heteroatoms. The number of nitrogens with one attached hydrogen (secondary N) is 1. The van der Waals surface area contributed by atoms with Crippen molar-refractivity contribution in [2.45, 2.75) is 65.8 Å². The van der Waals surface area contributed by atoms with Crippen LogP contribution in [0.1, 0.15) is 57.0 Å². The van der Waals surface area contributed by atoms with Crippen LogP contribution >= 0.6 is 11.3 Å². The predicted octanol–water partition coefficient (Wildman–Crippen LogP) is 5.82. The van der Waals surface area contributed by atoms with E-state index in [1.54, 1.807) is 11.3 Å². The molecule has 1 saturated heterocycles. The molecule has 2 heterocycles. The molecule has 4 rings (SSSR count). The number of ether oxygens (including phenoxy) is 1. The van der Waals surface area contributed by atoms with Gasteiger partial charge in [0.05, 0.1) is 40.9 Å². The van der Waals surface area contributed by atoms with Crippen LogP contribution in [-0.4, -0.2) is 47.3 Å². The minimum Gasteiger partial charge on any atom is -0.372 e. The van der Waals surface area contributed by atoms with Crippen molar-refractivity contribution in [2.75, 3.05) is 13.1 Å². The minimum atomic E-state index is -0.345. The van der Waals surface area contributed by atoms with Crippen LogP contribution in [0.2, 0.25) is 0 Å². The molecule has 1 amide bonds. The Hall–Kier alpha value is -2.87. The van der Waals surface area contributed by atoms with Crippen LogP contribution in [0, 0.1) is 18.3 Å². The largest absolute Gasteiger partial charge is 0.372 e. The number of aromatic nitrogens is 1. The van der Waals surface area contributed by atoms with Gasteiger partial charge in [0.15, 0.2) is 0 Å². The molecule has 1 aliphatic rings. The molecular formula is C31H39N3O3S. The monoisotopic (exact) mass is 533 g/mol. The Morgan fingerprint density at radius 2 is 1.89 bits per heavy atom. The molecule has 3 aromatic rings. The number of thiazole rings is 1. The van der Waals surface area contributed by atoms with E-state index in [1.165, 1.54) is 4.88 Å². The fourth-order valence-corrected chi connectivity index (χ4v) is 5.73. The highest BCUT2D eigenvalue weighted by Crippen LogP contribution is 2.31. The molecule has 6 nitrogen and oxygen atoms in total. The van der Waals surface area contributed by atoms with Crippen molar-refractivity contribution >= 4 is 23.5 Å². The van der Waals surface area contributed by atoms with E-state index in [-0.39, 0.29) is 35.4 Å². The summed E-state index contributed by atoms with van der Waals surface area (Å²) in [6.45, 7) is 11.9. The number of aryl methyl sites for hydroxylation is 1. The molecule has 1 N–H and O–H groups in total. The Morgan fingerprint density at radius 1 is 1.18 bits per heavy atom. The zero-order valence-electron chi connectivity index (χ0n) is 23.0. The van der Waals surface area contributed by atoms with Crippen molar-refractivity contribution in [3.05, 3.63) is 76.9 Å². The van der Waals surface area contributed by atoms with Crippen molar-refractivity contribution in [1.29, 1.82) is 0 Å². The van der Waals surface area contributed by atoms with Crippen LogP contribution in [0.15, 0.2) is 60.1 Å². The van der Waals surface area contributed by atoms with Crippen LogP contribution in [0.4, 0.5) is 0 Å². The summed E-state index contributed by atoms with van der Waals surface area (Å²) >= 11 is 1.63. The number of nitrogens with zero attached hydrogens (tertiary/aromatic N) is 2. The van der Waals surface area contributed by atoms with Gasteiger partial charge in [-0.3, -0.25) is 9.69 Å². The second kappa shape index (κ2) is 12.3. The number of carbonyl (C=O) groups is 2. The molecule has 2 aromatic carbocycles. The lowest BCUT2D eigenvalue weighted by Gasteiger charge is -2.32.